The largest absolute Gasteiger partial charge is 0.493 e. The fourth-order valence-electron chi connectivity index (χ4n) is 1.98. The molecule has 0 aliphatic rings. The first kappa shape index (κ1) is 17.9. The van der Waals surface area contributed by atoms with Gasteiger partial charge >= 0.3 is 0 Å². The SMILES string of the molecule is COc1ccc(S(=O)(=O)Nc2ccc(Cl)c(C(N)=O)c2)cc1OC. The number of anilines is 1. The zero-order valence-corrected chi connectivity index (χ0v) is 14.4. The number of hydrogen-bond donors (Lipinski definition) is 2. The van der Waals surface area contributed by atoms with E-state index in [0.717, 1.165) is 0 Å². The predicted molar refractivity (Wildman–Crippen MR) is 90.3 cm³/mol. The first-order valence-electron chi connectivity index (χ1n) is 6.62. The van der Waals surface area contributed by atoms with E-state index in [0.29, 0.717) is 5.75 Å². The quantitative estimate of drug-likeness (QED) is 0.810. The van der Waals surface area contributed by atoms with Crippen molar-refractivity contribution in [3.05, 3.63) is 47.0 Å². The Bertz CT molecular complexity index is 883. The summed E-state index contributed by atoms with van der Waals surface area (Å²) in [5.74, 6) is -0.0829. The summed E-state index contributed by atoms with van der Waals surface area (Å²) in [5, 5.41) is 0.136. The minimum Gasteiger partial charge on any atom is -0.493 e. The van der Waals surface area contributed by atoms with Gasteiger partial charge in [-0.15, -0.1) is 0 Å². The number of primary amides is 1. The van der Waals surface area contributed by atoms with E-state index in [1.165, 1.54) is 50.6 Å². The number of sulfonamides is 1. The number of nitrogens with one attached hydrogen (secondary N) is 1. The van der Waals surface area contributed by atoms with Crippen LogP contribution in [0.4, 0.5) is 5.69 Å². The molecule has 0 saturated heterocycles. The average Bonchev–Trinajstić information content (AvgIpc) is 2.55. The van der Waals surface area contributed by atoms with Crippen molar-refractivity contribution in [2.24, 2.45) is 5.73 Å². The highest BCUT2D eigenvalue weighted by Crippen LogP contribution is 2.30. The number of hydrogen-bond acceptors (Lipinski definition) is 5. The summed E-state index contributed by atoms with van der Waals surface area (Å²) in [4.78, 5) is 11.3. The van der Waals surface area contributed by atoms with Crippen LogP contribution in [0.5, 0.6) is 11.5 Å². The molecule has 128 valence electrons. The summed E-state index contributed by atoms with van der Waals surface area (Å²) in [7, 11) is -1.06. The maximum atomic E-state index is 12.5. The molecular weight excluding hydrogens is 356 g/mol. The number of nitrogens with two attached hydrogens (primary N) is 1. The van der Waals surface area contributed by atoms with Gasteiger partial charge in [-0.25, -0.2) is 8.42 Å². The van der Waals surface area contributed by atoms with Crippen LogP contribution in [0.1, 0.15) is 10.4 Å². The van der Waals surface area contributed by atoms with Crippen LogP contribution in [0, 0.1) is 0 Å². The van der Waals surface area contributed by atoms with E-state index in [1.807, 2.05) is 0 Å². The number of halogens is 1. The highest BCUT2D eigenvalue weighted by atomic mass is 35.5. The first-order chi connectivity index (χ1) is 11.3. The van der Waals surface area contributed by atoms with Gasteiger partial charge < -0.3 is 15.2 Å². The van der Waals surface area contributed by atoms with Gasteiger partial charge in [-0.05, 0) is 30.3 Å². The van der Waals surface area contributed by atoms with Gasteiger partial charge in [0.1, 0.15) is 0 Å². The third kappa shape index (κ3) is 3.72. The molecule has 1 amide bonds. The molecule has 2 aromatic carbocycles. The molecule has 7 nitrogen and oxygen atoms in total. The first-order valence-corrected chi connectivity index (χ1v) is 8.49. The van der Waals surface area contributed by atoms with Crippen molar-refractivity contribution in [2.45, 2.75) is 4.90 Å². The van der Waals surface area contributed by atoms with E-state index in [1.54, 1.807) is 0 Å². The molecule has 0 aliphatic heterocycles. The molecular formula is C15H15ClN2O5S. The van der Waals surface area contributed by atoms with E-state index < -0.39 is 15.9 Å². The zero-order valence-electron chi connectivity index (χ0n) is 12.9. The van der Waals surface area contributed by atoms with Gasteiger partial charge in [-0.1, -0.05) is 11.6 Å². The van der Waals surface area contributed by atoms with Crippen molar-refractivity contribution in [3.8, 4) is 11.5 Å². The molecule has 0 aromatic heterocycles. The van der Waals surface area contributed by atoms with Crippen molar-refractivity contribution < 1.29 is 22.7 Å². The van der Waals surface area contributed by atoms with E-state index in [2.05, 4.69) is 4.72 Å². The summed E-state index contributed by atoms with van der Waals surface area (Å²) in [5.41, 5.74) is 5.37. The standard InChI is InChI=1S/C15H15ClN2O5S/c1-22-13-6-4-10(8-14(13)23-2)24(20,21)18-9-3-5-12(16)11(7-9)15(17)19/h3-8,18H,1-2H3,(H2,17,19). The molecule has 2 aromatic rings. The van der Waals surface area contributed by atoms with Crippen molar-refractivity contribution in [1.29, 1.82) is 0 Å². The highest BCUT2D eigenvalue weighted by Gasteiger charge is 2.18. The molecule has 0 atom stereocenters. The van der Waals surface area contributed by atoms with Crippen LogP contribution >= 0.6 is 11.6 Å². The lowest BCUT2D eigenvalue weighted by atomic mass is 10.2. The molecule has 0 heterocycles. The van der Waals surface area contributed by atoms with E-state index >= 15 is 0 Å². The minimum atomic E-state index is -3.91. The van der Waals surface area contributed by atoms with Crippen molar-refractivity contribution in [2.75, 3.05) is 18.9 Å². The van der Waals surface area contributed by atoms with Gasteiger partial charge in [0.05, 0.1) is 29.7 Å². The number of ether oxygens (including phenoxy) is 2. The molecule has 0 saturated carbocycles. The van der Waals surface area contributed by atoms with Crippen LogP contribution in [0.15, 0.2) is 41.3 Å². The Labute approximate surface area is 144 Å². The lowest BCUT2D eigenvalue weighted by Crippen LogP contribution is -2.15. The van der Waals surface area contributed by atoms with Crippen LogP contribution in [0.2, 0.25) is 5.02 Å². The fourth-order valence-corrected chi connectivity index (χ4v) is 3.25. The predicted octanol–water partition coefficient (Wildman–Crippen LogP) is 2.26. The lowest BCUT2D eigenvalue weighted by Gasteiger charge is -2.12. The molecule has 0 aliphatic carbocycles. The summed E-state index contributed by atoms with van der Waals surface area (Å²) in [6, 6.07) is 8.24. The number of rotatable bonds is 6. The van der Waals surface area contributed by atoms with Crippen molar-refractivity contribution >= 4 is 33.2 Å². The van der Waals surface area contributed by atoms with E-state index in [9.17, 15) is 13.2 Å². The Morgan fingerprint density at radius 1 is 1.08 bits per heavy atom. The van der Waals surface area contributed by atoms with Crippen LogP contribution in [0.25, 0.3) is 0 Å². The number of carbonyl (C=O) groups is 1. The topological polar surface area (TPSA) is 108 Å². The molecule has 9 heteroatoms. The Morgan fingerprint density at radius 3 is 2.33 bits per heavy atom. The van der Waals surface area contributed by atoms with Crippen LogP contribution in [0.3, 0.4) is 0 Å². The molecule has 0 fully saturated rings. The molecule has 2 rings (SSSR count). The average molecular weight is 371 g/mol. The summed E-state index contributed by atoms with van der Waals surface area (Å²) in [6.45, 7) is 0. The lowest BCUT2D eigenvalue weighted by molar-refractivity contribution is 0.100. The van der Waals surface area contributed by atoms with Crippen LogP contribution < -0.4 is 19.9 Å². The minimum absolute atomic E-state index is 0.0178. The Morgan fingerprint density at radius 2 is 1.75 bits per heavy atom. The maximum absolute atomic E-state index is 12.5. The van der Waals surface area contributed by atoms with Gasteiger partial charge in [-0.3, -0.25) is 9.52 Å². The fraction of sp³-hybridized carbons (Fsp3) is 0.133. The summed E-state index contributed by atoms with van der Waals surface area (Å²) < 4.78 is 37.5. The van der Waals surface area contributed by atoms with Crippen molar-refractivity contribution in [1.82, 2.24) is 0 Å². The second-order valence-corrected chi connectivity index (χ2v) is 6.77. The maximum Gasteiger partial charge on any atom is 0.262 e. The Kier molecular flexibility index (Phi) is 5.20. The smallest absolute Gasteiger partial charge is 0.262 e. The van der Waals surface area contributed by atoms with Gasteiger partial charge in [0.15, 0.2) is 11.5 Å². The number of benzene rings is 2. The third-order valence-corrected chi connectivity index (χ3v) is 4.86. The highest BCUT2D eigenvalue weighted by molar-refractivity contribution is 7.92. The second-order valence-electron chi connectivity index (χ2n) is 4.68. The summed E-state index contributed by atoms with van der Waals surface area (Å²) >= 11 is 5.84. The molecule has 0 bridgehead atoms. The van der Waals surface area contributed by atoms with Crippen LogP contribution in [-0.2, 0) is 10.0 Å². The number of methoxy groups -OCH3 is 2. The molecule has 0 radical (unpaired) electrons. The number of amides is 1. The van der Waals surface area contributed by atoms with Gasteiger partial charge in [0.2, 0.25) is 5.91 Å². The van der Waals surface area contributed by atoms with Crippen LogP contribution in [-0.4, -0.2) is 28.5 Å². The molecule has 24 heavy (non-hydrogen) atoms. The molecule has 3 N–H and O–H groups in total. The Hall–Kier alpha value is -2.45. The second kappa shape index (κ2) is 6.98. The van der Waals surface area contributed by atoms with Gasteiger partial charge in [0, 0.05) is 11.8 Å². The normalized spacial score (nSPS) is 11.0. The Balaban J connectivity index is 2.38. The molecule has 0 unspecified atom stereocenters. The van der Waals surface area contributed by atoms with E-state index in [-0.39, 0.29) is 26.9 Å². The monoisotopic (exact) mass is 370 g/mol. The number of carbonyl (C=O) groups excluding carboxylic acids is 1. The summed E-state index contributed by atoms with van der Waals surface area (Å²) in [6.07, 6.45) is 0. The van der Waals surface area contributed by atoms with Gasteiger partial charge in [0.25, 0.3) is 10.0 Å². The third-order valence-electron chi connectivity index (χ3n) is 3.15. The van der Waals surface area contributed by atoms with Crippen molar-refractivity contribution in [3.63, 3.8) is 0 Å². The van der Waals surface area contributed by atoms with Gasteiger partial charge in [-0.2, -0.15) is 0 Å². The molecule has 0 spiro atoms. The van der Waals surface area contributed by atoms with E-state index in [4.69, 9.17) is 26.8 Å². The zero-order chi connectivity index (χ0) is 17.9.